The molecule has 0 aliphatic rings. The Morgan fingerprint density at radius 3 is 2.89 bits per heavy atom. The highest BCUT2D eigenvalue weighted by Gasteiger charge is 2.26. The first-order valence-corrected chi connectivity index (χ1v) is 7.24. The van der Waals surface area contributed by atoms with Crippen molar-refractivity contribution in [2.24, 2.45) is 0 Å². The Balaban J connectivity index is 2.19. The van der Waals surface area contributed by atoms with Gasteiger partial charge in [0.1, 0.15) is 0 Å². The van der Waals surface area contributed by atoms with Crippen LogP contribution in [-0.2, 0) is 4.79 Å². The van der Waals surface area contributed by atoms with E-state index in [1.54, 1.807) is 6.07 Å². The van der Waals surface area contributed by atoms with Gasteiger partial charge in [0, 0.05) is 5.02 Å². The molecule has 1 aromatic carbocycles. The Labute approximate surface area is 121 Å². The fraction of sp³-hybridized carbons (Fsp3) is 0.385. The SMILES string of the molecule is CCNC(C)(C)C(=O)Nc1nc2ccc(Cl)cc2s1. The second-order valence-electron chi connectivity index (χ2n) is 4.74. The maximum absolute atomic E-state index is 12.1. The molecular formula is C13H16ClN3OS. The van der Waals surface area contributed by atoms with Gasteiger partial charge in [-0.2, -0.15) is 0 Å². The quantitative estimate of drug-likeness (QED) is 0.910. The normalized spacial score (nSPS) is 11.8. The van der Waals surface area contributed by atoms with Gasteiger partial charge in [0.2, 0.25) is 5.91 Å². The topological polar surface area (TPSA) is 54.0 Å². The molecule has 2 rings (SSSR count). The lowest BCUT2D eigenvalue weighted by atomic mass is 10.1. The average Bonchev–Trinajstić information content (AvgIpc) is 2.70. The predicted molar refractivity (Wildman–Crippen MR) is 81.0 cm³/mol. The Morgan fingerprint density at radius 2 is 2.21 bits per heavy atom. The van der Waals surface area contributed by atoms with Gasteiger partial charge in [-0.15, -0.1) is 0 Å². The summed E-state index contributed by atoms with van der Waals surface area (Å²) in [5.41, 5.74) is 0.218. The number of carbonyl (C=O) groups is 1. The number of anilines is 1. The third-order valence-corrected chi connectivity index (χ3v) is 3.93. The second kappa shape index (κ2) is 5.45. The van der Waals surface area contributed by atoms with Gasteiger partial charge in [-0.3, -0.25) is 4.79 Å². The van der Waals surface area contributed by atoms with Crippen molar-refractivity contribution < 1.29 is 4.79 Å². The van der Waals surface area contributed by atoms with Crippen LogP contribution in [0.4, 0.5) is 5.13 Å². The number of fused-ring (bicyclic) bond motifs is 1. The highest BCUT2D eigenvalue weighted by molar-refractivity contribution is 7.22. The fourth-order valence-corrected chi connectivity index (χ4v) is 2.86. The van der Waals surface area contributed by atoms with E-state index in [1.807, 2.05) is 32.9 Å². The predicted octanol–water partition coefficient (Wildman–Crippen LogP) is 3.28. The second-order valence-corrected chi connectivity index (χ2v) is 6.21. The Bertz CT molecular complexity index is 609. The monoisotopic (exact) mass is 297 g/mol. The lowest BCUT2D eigenvalue weighted by Gasteiger charge is -2.23. The van der Waals surface area contributed by atoms with E-state index in [2.05, 4.69) is 15.6 Å². The van der Waals surface area contributed by atoms with Crippen molar-refractivity contribution in [2.75, 3.05) is 11.9 Å². The summed E-state index contributed by atoms with van der Waals surface area (Å²) < 4.78 is 0.962. The van der Waals surface area contributed by atoms with Gasteiger partial charge in [-0.1, -0.05) is 29.9 Å². The van der Waals surface area contributed by atoms with Gasteiger partial charge in [-0.05, 0) is 38.6 Å². The summed E-state index contributed by atoms with van der Waals surface area (Å²) in [6, 6.07) is 5.48. The van der Waals surface area contributed by atoms with Gasteiger partial charge in [0.25, 0.3) is 0 Å². The third-order valence-electron chi connectivity index (χ3n) is 2.76. The number of hydrogen-bond donors (Lipinski definition) is 2. The van der Waals surface area contributed by atoms with Crippen molar-refractivity contribution in [1.29, 1.82) is 0 Å². The molecule has 19 heavy (non-hydrogen) atoms. The van der Waals surface area contributed by atoms with Crippen LogP contribution in [0.1, 0.15) is 20.8 Å². The molecule has 1 heterocycles. The van der Waals surface area contributed by atoms with Crippen molar-refractivity contribution >= 4 is 44.2 Å². The Hall–Kier alpha value is -1.17. The number of aromatic nitrogens is 1. The number of halogens is 1. The molecule has 0 aliphatic heterocycles. The first kappa shape index (κ1) is 14.2. The van der Waals surface area contributed by atoms with Crippen LogP contribution in [0.2, 0.25) is 5.02 Å². The highest BCUT2D eigenvalue weighted by atomic mass is 35.5. The van der Waals surface area contributed by atoms with E-state index >= 15 is 0 Å². The highest BCUT2D eigenvalue weighted by Crippen LogP contribution is 2.28. The molecule has 2 N–H and O–H groups in total. The first-order chi connectivity index (χ1) is 8.92. The van der Waals surface area contributed by atoms with Crippen LogP contribution >= 0.6 is 22.9 Å². The van der Waals surface area contributed by atoms with Gasteiger partial charge < -0.3 is 10.6 Å². The number of likely N-dealkylation sites (N-methyl/N-ethyl adjacent to an activating group) is 1. The number of rotatable bonds is 4. The Kier molecular flexibility index (Phi) is 4.08. The lowest BCUT2D eigenvalue weighted by Crippen LogP contribution is -2.49. The number of carbonyl (C=O) groups excluding carboxylic acids is 1. The number of amides is 1. The molecular weight excluding hydrogens is 282 g/mol. The van der Waals surface area contributed by atoms with Crippen molar-refractivity contribution in [3.8, 4) is 0 Å². The molecule has 0 radical (unpaired) electrons. The molecule has 1 amide bonds. The van der Waals surface area contributed by atoms with Gasteiger partial charge in [0.05, 0.1) is 15.8 Å². The van der Waals surface area contributed by atoms with E-state index in [4.69, 9.17) is 11.6 Å². The van der Waals surface area contributed by atoms with Gasteiger partial charge >= 0.3 is 0 Å². The zero-order chi connectivity index (χ0) is 14.0. The molecule has 1 aromatic heterocycles. The van der Waals surface area contributed by atoms with E-state index in [1.165, 1.54) is 11.3 Å². The molecule has 102 valence electrons. The average molecular weight is 298 g/mol. The van der Waals surface area contributed by atoms with Gasteiger partial charge in [0.15, 0.2) is 5.13 Å². The zero-order valence-corrected chi connectivity index (χ0v) is 12.7. The maximum Gasteiger partial charge on any atom is 0.245 e. The van der Waals surface area contributed by atoms with Crippen LogP contribution in [0.5, 0.6) is 0 Å². The van der Waals surface area contributed by atoms with Crippen LogP contribution in [0, 0.1) is 0 Å². The summed E-state index contributed by atoms with van der Waals surface area (Å²) in [4.78, 5) is 16.5. The zero-order valence-electron chi connectivity index (χ0n) is 11.1. The molecule has 0 unspecified atom stereocenters. The molecule has 0 spiro atoms. The van der Waals surface area contributed by atoms with E-state index in [0.29, 0.717) is 10.2 Å². The number of hydrogen-bond acceptors (Lipinski definition) is 4. The molecule has 0 saturated heterocycles. The molecule has 6 heteroatoms. The minimum absolute atomic E-state index is 0.0977. The Morgan fingerprint density at radius 1 is 1.47 bits per heavy atom. The summed E-state index contributed by atoms with van der Waals surface area (Å²) in [7, 11) is 0. The van der Waals surface area contributed by atoms with E-state index in [0.717, 1.165) is 16.8 Å². The van der Waals surface area contributed by atoms with Crippen LogP contribution in [0.15, 0.2) is 18.2 Å². The summed E-state index contributed by atoms with van der Waals surface area (Å²) >= 11 is 7.35. The van der Waals surface area contributed by atoms with E-state index < -0.39 is 5.54 Å². The number of thiazole rings is 1. The van der Waals surface area contributed by atoms with E-state index in [9.17, 15) is 4.79 Å². The van der Waals surface area contributed by atoms with Gasteiger partial charge in [-0.25, -0.2) is 4.98 Å². The molecule has 0 atom stereocenters. The van der Waals surface area contributed by atoms with Crippen LogP contribution in [0.3, 0.4) is 0 Å². The van der Waals surface area contributed by atoms with Crippen molar-refractivity contribution in [3.05, 3.63) is 23.2 Å². The smallest absolute Gasteiger partial charge is 0.245 e. The molecule has 2 aromatic rings. The number of benzene rings is 1. The molecule has 0 bridgehead atoms. The van der Waals surface area contributed by atoms with Crippen molar-refractivity contribution in [1.82, 2.24) is 10.3 Å². The maximum atomic E-state index is 12.1. The summed E-state index contributed by atoms with van der Waals surface area (Å²) in [6.07, 6.45) is 0. The molecule has 0 aliphatic carbocycles. The minimum Gasteiger partial charge on any atom is -0.304 e. The van der Waals surface area contributed by atoms with Crippen LogP contribution in [0.25, 0.3) is 10.2 Å². The largest absolute Gasteiger partial charge is 0.304 e. The standard InChI is InChI=1S/C13H16ClN3OS/c1-4-15-13(2,3)11(18)17-12-16-9-6-5-8(14)7-10(9)19-12/h5-7,15H,4H2,1-3H3,(H,16,17,18). The van der Waals surface area contributed by atoms with E-state index in [-0.39, 0.29) is 5.91 Å². The number of nitrogens with zero attached hydrogens (tertiary/aromatic N) is 1. The summed E-state index contributed by atoms with van der Waals surface area (Å²) in [5, 5.41) is 7.23. The third kappa shape index (κ3) is 3.23. The van der Waals surface area contributed by atoms with Crippen molar-refractivity contribution in [3.63, 3.8) is 0 Å². The van der Waals surface area contributed by atoms with Crippen LogP contribution < -0.4 is 10.6 Å². The molecule has 4 nitrogen and oxygen atoms in total. The number of nitrogens with one attached hydrogen (secondary N) is 2. The van der Waals surface area contributed by atoms with Crippen molar-refractivity contribution in [2.45, 2.75) is 26.3 Å². The fourth-order valence-electron chi connectivity index (χ4n) is 1.73. The van der Waals surface area contributed by atoms with Crippen LogP contribution in [-0.4, -0.2) is 23.0 Å². The summed E-state index contributed by atoms with van der Waals surface area (Å²) in [5.74, 6) is -0.0977. The minimum atomic E-state index is -0.621. The molecule has 0 saturated carbocycles. The lowest BCUT2D eigenvalue weighted by molar-refractivity contribution is -0.121. The molecule has 0 fully saturated rings. The first-order valence-electron chi connectivity index (χ1n) is 6.05. The summed E-state index contributed by atoms with van der Waals surface area (Å²) in [6.45, 7) is 6.39.